The van der Waals surface area contributed by atoms with Gasteiger partial charge in [0.1, 0.15) is 17.7 Å². The summed E-state index contributed by atoms with van der Waals surface area (Å²) in [5, 5.41) is 10.9. The van der Waals surface area contributed by atoms with Crippen LogP contribution in [0.1, 0.15) is 34.5 Å². The zero-order valence-corrected chi connectivity index (χ0v) is 15.2. The molecule has 0 aliphatic carbocycles. The first-order valence-electron chi connectivity index (χ1n) is 9.31. The molecule has 0 bridgehead atoms. The van der Waals surface area contributed by atoms with Crippen molar-refractivity contribution >= 4 is 22.6 Å². The lowest BCUT2D eigenvalue weighted by atomic mass is 10.1. The van der Waals surface area contributed by atoms with Crippen molar-refractivity contribution in [3.05, 3.63) is 47.3 Å². The summed E-state index contributed by atoms with van der Waals surface area (Å²) in [6, 6.07) is 7.98. The number of aromatic nitrogens is 3. The van der Waals surface area contributed by atoms with E-state index >= 15 is 0 Å². The van der Waals surface area contributed by atoms with Crippen LogP contribution in [-0.2, 0) is 6.54 Å². The van der Waals surface area contributed by atoms with Gasteiger partial charge in [-0.3, -0.25) is 9.89 Å². The Labute approximate surface area is 156 Å². The lowest BCUT2D eigenvalue weighted by Crippen LogP contribution is -2.39. The van der Waals surface area contributed by atoms with Crippen molar-refractivity contribution in [2.45, 2.75) is 32.4 Å². The Hall–Kier alpha value is -3.09. The highest BCUT2D eigenvalue weighted by Gasteiger charge is 2.26. The van der Waals surface area contributed by atoms with Crippen LogP contribution in [0.5, 0.6) is 5.75 Å². The highest BCUT2D eigenvalue weighted by molar-refractivity contribution is 5.98. The summed E-state index contributed by atoms with van der Waals surface area (Å²) in [6.07, 6.45) is 3.90. The third-order valence-corrected chi connectivity index (χ3v) is 5.38. The summed E-state index contributed by atoms with van der Waals surface area (Å²) in [7, 11) is 0. The van der Waals surface area contributed by atoms with E-state index in [4.69, 9.17) is 9.72 Å². The van der Waals surface area contributed by atoms with Gasteiger partial charge in [-0.15, -0.1) is 0 Å². The Morgan fingerprint density at radius 2 is 2.07 bits per heavy atom. The summed E-state index contributed by atoms with van der Waals surface area (Å²) >= 11 is 0. The SMILES string of the molecule is Cc1cc2c(nc1N1CCC(Oc3ccc4[nH]ncc4c3)CC1)CNC2=O. The van der Waals surface area contributed by atoms with E-state index in [9.17, 15) is 4.79 Å². The Morgan fingerprint density at radius 3 is 2.93 bits per heavy atom. The molecule has 7 nitrogen and oxygen atoms in total. The van der Waals surface area contributed by atoms with Crippen LogP contribution >= 0.6 is 0 Å². The fraction of sp³-hybridized carbons (Fsp3) is 0.350. The number of benzene rings is 1. The Morgan fingerprint density at radius 1 is 1.22 bits per heavy atom. The van der Waals surface area contributed by atoms with Crippen molar-refractivity contribution in [2.75, 3.05) is 18.0 Å². The number of hydrogen-bond donors (Lipinski definition) is 2. The van der Waals surface area contributed by atoms with Crippen molar-refractivity contribution in [2.24, 2.45) is 0 Å². The van der Waals surface area contributed by atoms with Gasteiger partial charge in [-0.1, -0.05) is 0 Å². The number of fused-ring (bicyclic) bond motifs is 2. The van der Waals surface area contributed by atoms with E-state index in [1.54, 1.807) is 0 Å². The lowest BCUT2D eigenvalue weighted by Gasteiger charge is -2.34. The Balaban J connectivity index is 1.27. The average molecular weight is 363 g/mol. The first-order valence-corrected chi connectivity index (χ1v) is 9.31. The largest absolute Gasteiger partial charge is 0.490 e. The van der Waals surface area contributed by atoms with E-state index < -0.39 is 0 Å². The van der Waals surface area contributed by atoms with Gasteiger partial charge in [0, 0.05) is 31.3 Å². The molecule has 1 saturated heterocycles. The number of amides is 1. The number of carbonyl (C=O) groups excluding carboxylic acids is 1. The molecule has 0 saturated carbocycles. The average Bonchev–Trinajstić information content (AvgIpc) is 3.28. The minimum Gasteiger partial charge on any atom is -0.490 e. The van der Waals surface area contributed by atoms with Crippen LogP contribution < -0.4 is 15.0 Å². The van der Waals surface area contributed by atoms with Crippen LogP contribution in [0.2, 0.25) is 0 Å². The molecule has 1 fully saturated rings. The molecule has 0 unspecified atom stereocenters. The number of hydrogen-bond acceptors (Lipinski definition) is 5. The van der Waals surface area contributed by atoms with Gasteiger partial charge in [0.05, 0.1) is 29.5 Å². The van der Waals surface area contributed by atoms with Gasteiger partial charge in [-0.25, -0.2) is 4.98 Å². The lowest BCUT2D eigenvalue weighted by molar-refractivity contribution is 0.0965. The number of rotatable bonds is 3. The van der Waals surface area contributed by atoms with Crippen LogP contribution in [0.25, 0.3) is 10.9 Å². The van der Waals surface area contributed by atoms with Gasteiger partial charge in [0.2, 0.25) is 0 Å². The van der Waals surface area contributed by atoms with E-state index in [2.05, 4.69) is 20.4 Å². The molecule has 2 aliphatic heterocycles. The summed E-state index contributed by atoms with van der Waals surface area (Å²) in [6.45, 7) is 4.34. The molecule has 1 amide bonds. The van der Waals surface area contributed by atoms with E-state index in [1.807, 2.05) is 37.4 Å². The number of H-pyrrole nitrogens is 1. The number of pyridine rings is 1. The number of carbonyl (C=O) groups is 1. The molecule has 2 aromatic heterocycles. The predicted molar refractivity (Wildman–Crippen MR) is 102 cm³/mol. The molecule has 3 aromatic rings. The molecule has 0 radical (unpaired) electrons. The van der Waals surface area contributed by atoms with E-state index in [1.165, 1.54) is 0 Å². The maximum Gasteiger partial charge on any atom is 0.253 e. The zero-order chi connectivity index (χ0) is 18.4. The van der Waals surface area contributed by atoms with Gasteiger partial charge in [0.25, 0.3) is 5.91 Å². The number of nitrogens with one attached hydrogen (secondary N) is 2. The molecular weight excluding hydrogens is 342 g/mol. The molecule has 5 rings (SSSR count). The first kappa shape index (κ1) is 16.1. The van der Waals surface area contributed by atoms with E-state index in [0.29, 0.717) is 12.1 Å². The number of anilines is 1. The fourth-order valence-electron chi connectivity index (χ4n) is 3.92. The number of aryl methyl sites for hydroxylation is 1. The maximum atomic E-state index is 11.8. The molecule has 2 N–H and O–H groups in total. The second kappa shape index (κ2) is 6.26. The van der Waals surface area contributed by atoms with Gasteiger partial charge in [0.15, 0.2) is 0 Å². The summed E-state index contributed by atoms with van der Waals surface area (Å²) in [5.74, 6) is 1.86. The second-order valence-corrected chi connectivity index (χ2v) is 7.23. The van der Waals surface area contributed by atoms with Crippen molar-refractivity contribution in [1.82, 2.24) is 20.5 Å². The monoisotopic (exact) mass is 363 g/mol. The molecule has 4 heterocycles. The van der Waals surface area contributed by atoms with E-state index in [0.717, 1.165) is 59.7 Å². The summed E-state index contributed by atoms with van der Waals surface area (Å²) < 4.78 is 6.19. The van der Waals surface area contributed by atoms with Crippen molar-refractivity contribution in [3.63, 3.8) is 0 Å². The Bertz CT molecular complexity index is 1020. The standard InChI is InChI=1S/C20H21N5O2/c1-12-8-16-18(11-21-20(16)26)23-19(12)25-6-4-14(5-7-25)27-15-2-3-17-13(9-15)10-22-24-17/h2-3,8-10,14H,4-7,11H2,1H3,(H,21,26)(H,22,24). The number of ether oxygens (including phenoxy) is 1. The van der Waals surface area contributed by atoms with Gasteiger partial charge >= 0.3 is 0 Å². The predicted octanol–water partition coefficient (Wildman–Crippen LogP) is 2.56. The topological polar surface area (TPSA) is 83.1 Å². The molecule has 1 aromatic carbocycles. The normalized spacial score (nSPS) is 17.2. The fourth-order valence-corrected chi connectivity index (χ4v) is 3.92. The molecule has 2 aliphatic rings. The number of aromatic amines is 1. The zero-order valence-electron chi connectivity index (χ0n) is 15.2. The molecular formula is C20H21N5O2. The first-order chi connectivity index (χ1) is 13.2. The maximum absolute atomic E-state index is 11.8. The van der Waals surface area contributed by atoms with Crippen LogP contribution in [0.15, 0.2) is 30.5 Å². The summed E-state index contributed by atoms with van der Waals surface area (Å²) in [5.41, 5.74) is 3.63. The van der Waals surface area contributed by atoms with Crippen molar-refractivity contribution in [1.29, 1.82) is 0 Å². The highest BCUT2D eigenvalue weighted by atomic mass is 16.5. The van der Waals surface area contributed by atoms with Crippen molar-refractivity contribution < 1.29 is 9.53 Å². The highest BCUT2D eigenvalue weighted by Crippen LogP contribution is 2.28. The molecule has 0 spiro atoms. The smallest absolute Gasteiger partial charge is 0.253 e. The van der Waals surface area contributed by atoms with Crippen molar-refractivity contribution in [3.8, 4) is 5.75 Å². The third kappa shape index (κ3) is 2.89. The number of nitrogens with zero attached hydrogens (tertiary/aromatic N) is 3. The van der Waals surface area contributed by atoms with Gasteiger partial charge in [-0.2, -0.15) is 5.10 Å². The van der Waals surface area contributed by atoms with Crippen LogP contribution in [0, 0.1) is 6.92 Å². The Kier molecular flexibility index (Phi) is 3.74. The number of piperidine rings is 1. The quantitative estimate of drug-likeness (QED) is 0.747. The molecule has 7 heteroatoms. The molecule has 27 heavy (non-hydrogen) atoms. The summed E-state index contributed by atoms with van der Waals surface area (Å²) in [4.78, 5) is 18.9. The van der Waals surface area contributed by atoms with E-state index in [-0.39, 0.29) is 12.0 Å². The second-order valence-electron chi connectivity index (χ2n) is 7.23. The molecule has 138 valence electrons. The van der Waals surface area contributed by atoms with Crippen LogP contribution in [0.4, 0.5) is 5.82 Å². The minimum atomic E-state index is -0.0196. The van der Waals surface area contributed by atoms with Crippen LogP contribution in [-0.4, -0.2) is 40.3 Å². The minimum absolute atomic E-state index is 0.0196. The third-order valence-electron chi connectivity index (χ3n) is 5.38. The van der Waals surface area contributed by atoms with Gasteiger partial charge < -0.3 is 15.0 Å². The van der Waals surface area contributed by atoms with Gasteiger partial charge in [-0.05, 0) is 36.8 Å². The van der Waals surface area contributed by atoms with Crippen LogP contribution in [0.3, 0.4) is 0 Å². The molecule has 0 atom stereocenters.